The molecule has 0 atom stereocenters. The molecular formula is C11H16O2. The summed E-state index contributed by atoms with van der Waals surface area (Å²) in [6.45, 7) is 0. The van der Waals surface area contributed by atoms with Gasteiger partial charge in [0.2, 0.25) is 0 Å². The van der Waals surface area contributed by atoms with Crippen LogP contribution in [0.5, 0.6) is 0 Å². The summed E-state index contributed by atoms with van der Waals surface area (Å²) in [7, 11) is 0. The van der Waals surface area contributed by atoms with Gasteiger partial charge in [0, 0.05) is 1.37 Å². The third-order valence-electron chi connectivity index (χ3n) is 4.26. The molecule has 4 aliphatic carbocycles. The summed E-state index contributed by atoms with van der Waals surface area (Å²) >= 11 is 0. The van der Waals surface area contributed by atoms with E-state index in [4.69, 9.17) is 1.37 Å². The van der Waals surface area contributed by atoms with Gasteiger partial charge in [0.25, 0.3) is 0 Å². The molecule has 13 heavy (non-hydrogen) atoms. The van der Waals surface area contributed by atoms with Crippen molar-refractivity contribution in [1.82, 2.24) is 0 Å². The van der Waals surface area contributed by atoms with Crippen molar-refractivity contribution in [1.29, 1.82) is 0 Å². The topological polar surface area (TPSA) is 37.3 Å². The maximum absolute atomic E-state index is 11.2. The summed E-state index contributed by atoms with van der Waals surface area (Å²) < 4.78 is 8.20. The lowest BCUT2D eigenvalue weighted by atomic mass is 9.52. The first-order valence-electron chi connectivity index (χ1n) is 5.84. The van der Waals surface area contributed by atoms with E-state index in [1.807, 2.05) is 0 Å². The summed E-state index contributed by atoms with van der Waals surface area (Å²) in [5.74, 6) is -0.211. The Kier molecular flexibility index (Phi) is 1.31. The zero-order valence-electron chi connectivity index (χ0n) is 8.70. The molecule has 0 amide bonds. The Morgan fingerprint density at radius 3 is 1.92 bits per heavy atom. The SMILES string of the molecule is [2H]C1(C(=O)O)C2CC3CC(C2)CC1C3. The number of hydrogen-bond donors (Lipinski definition) is 1. The van der Waals surface area contributed by atoms with E-state index in [0.29, 0.717) is 0 Å². The number of aliphatic carboxylic acids is 1. The molecule has 0 heterocycles. The smallest absolute Gasteiger partial charge is 0.307 e. The molecule has 0 unspecified atom stereocenters. The third kappa shape index (κ3) is 1.04. The minimum Gasteiger partial charge on any atom is -0.481 e. The van der Waals surface area contributed by atoms with Crippen molar-refractivity contribution in [3.8, 4) is 0 Å². The lowest BCUT2D eigenvalue weighted by Crippen LogP contribution is -2.47. The predicted octanol–water partition coefficient (Wildman–Crippen LogP) is 2.14. The standard InChI is InChI=1S/C11H16O2/c12-11(13)10-8-2-6-1-7(4-8)5-9(10)3-6/h6-10H,1-5H2,(H,12,13)/i10D. The van der Waals surface area contributed by atoms with Gasteiger partial charge < -0.3 is 5.11 Å². The molecule has 1 N–H and O–H groups in total. The van der Waals surface area contributed by atoms with Crippen LogP contribution in [0.4, 0.5) is 0 Å². The summed E-state index contributed by atoms with van der Waals surface area (Å²) in [6.07, 6.45) is 5.32. The van der Waals surface area contributed by atoms with Crippen molar-refractivity contribution >= 4 is 5.97 Å². The van der Waals surface area contributed by atoms with Crippen molar-refractivity contribution in [2.45, 2.75) is 32.1 Å². The summed E-state index contributed by atoms with van der Waals surface area (Å²) in [4.78, 5) is 11.2. The zero-order valence-corrected chi connectivity index (χ0v) is 7.70. The second-order valence-electron chi connectivity index (χ2n) is 5.06. The molecular weight excluding hydrogens is 164 g/mol. The average Bonchev–Trinajstić information content (AvgIpc) is 2.12. The van der Waals surface area contributed by atoms with Gasteiger partial charge in [-0.25, -0.2) is 0 Å². The minimum atomic E-state index is -1.13. The van der Waals surface area contributed by atoms with Crippen molar-refractivity contribution in [3.63, 3.8) is 0 Å². The van der Waals surface area contributed by atoms with Gasteiger partial charge in [-0.15, -0.1) is 0 Å². The molecule has 72 valence electrons. The number of hydrogen-bond acceptors (Lipinski definition) is 1. The molecule has 0 radical (unpaired) electrons. The van der Waals surface area contributed by atoms with Crippen LogP contribution in [0, 0.1) is 29.6 Å². The van der Waals surface area contributed by atoms with E-state index < -0.39 is 11.9 Å². The third-order valence-corrected chi connectivity index (χ3v) is 4.26. The van der Waals surface area contributed by atoms with Crippen LogP contribution >= 0.6 is 0 Å². The van der Waals surface area contributed by atoms with E-state index in [-0.39, 0.29) is 11.8 Å². The molecule has 4 rings (SSSR count). The highest BCUT2D eigenvalue weighted by Crippen LogP contribution is 2.56. The fraction of sp³-hybridized carbons (Fsp3) is 0.909. The Balaban J connectivity index is 1.98. The summed E-state index contributed by atoms with van der Waals surface area (Å²) in [5, 5.41) is 9.22. The fourth-order valence-corrected chi connectivity index (χ4v) is 4.04. The van der Waals surface area contributed by atoms with Gasteiger partial charge in [-0.3, -0.25) is 4.79 Å². The number of carbonyl (C=O) groups is 1. The normalized spacial score (nSPS) is 59.2. The maximum Gasteiger partial charge on any atom is 0.307 e. The average molecular weight is 181 g/mol. The zero-order chi connectivity index (χ0) is 9.92. The molecule has 4 bridgehead atoms. The molecule has 2 nitrogen and oxygen atoms in total. The van der Waals surface area contributed by atoms with Crippen molar-refractivity contribution in [2.24, 2.45) is 29.6 Å². The molecule has 0 aromatic heterocycles. The second-order valence-corrected chi connectivity index (χ2v) is 5.06. The van der Waals surface area contributed by atoms with Crippen LogP contribution < -0.4 is 0 Å². The van der Waals surface area contributed by atoms with E-state index in [1.165, 1.54) is 6.42 Å². The fourth-order valence-electron chi connectivity index (χ4n) is 4.04. The molecule has 0 aromatic carbocycles. The van der Waals surface area contributed by atoms with E-state index in [0.717, 1.165) is 37.5 Å². The lowest BCUT2D eigenvalue weighted by Gasteiger charge is -2.52. The van der Waals surface area contributed by atoms with E-state index >= 15 is 0 Å². The Bertz CT molecular complexity index is 259. The quantitative estimate of drug-likeness (QED) is 0.673. The molecule has 0 aromatic rings. The van der Waals surface area contributed by atoms with Crippen LogP contribution in [0.15, 0.2) is 0 Å². The van der Waals surface area contributed by atoms with E-state index in [1.54, 1.807) is 0 Å². The number of rotatable bonds is 1. The van der Waals surface area contributed by atoms with Gasteiger partial charge in [0.05, 0.1) is 5.89 Å². The Labute approximate surface area is 79.7 Å². The van der Waals surface area contributed by atoms with Gasteiger partial charge in [0.1, 0.15) is 0 Å². The summed E-state index contributed by atoms with van der Waals surface area (Å²) in [5.41, 5.74) is 0. The van der Waals surface area contributed by atoms with Crippen LogP contribution in [0.1, 0.15) is 33.5 Å². The van der Waals surface area contributed by atoms with Crippen LogP contribution in [-0.4, -0.2) is 11.1 Å². The van der Waals surface area contributed by atoms with Crippen LogP contribution in [0.25, 0.3) is 0 Å². The first-order chi connectivity index (χ1) is 6.60. The van der Waals surface area contributed by atoms with Crippen LogP contribution in [0.3, 0.4) is 0 Å². The van der Waals surface area contributed by atoms with Gasteiger partial charge in [0.15, 0.2) is 0 Å². The predicted molar refractivity (Wildman–Crippen MR) is 48.2 cm³/mol. The van der Waals surface area contributed by atoms with Gasteiger partial charge >= 0.3 is 5.97 Å². The minimum absolute atomic E-state index is 0.149. The number of carboxylic acids is 1. The molecule has 4 aliphatic rings. The maximum atomic E-state index is 11.2. The van der Waals surface area contributed by atoms with E-state index in [2.05, 4.69) is 0 Å². The van der Waals surface area contributed by atoms with Gasteiger partial charge in [-0.05, 0) is 55.8 Å². The molecule has 4 saturated carbocycles. The Hall–Kier alpha value is -0.530. The highest BCUT2D eigenvalue weighted by molar-refractivity contribution is 5.71. The highest BCUT2D eigenvalue weighted by atomic mass is 16.4. The monoisotopic (exact) mass is 181 g/mol. The van der Waals surface area contributed by atoms with E-state index in [9.17, 15) is 9.90 Å². The first-order valence-corrected chi connectivity index (χ1v) is 5.34. The molecule has 4 fully saturated rings. The van der Waals surface area contributed by atoms with Crippen molar-refractivity contribution in [3.05, 3.63) is 0 Å². The van der Waals surface area contributed by atoms with Gasteiger partial charge in [-0.2, -0.15) is 0 Å². The van der Waals surface area contributed by atoms with Crippen LogP contribution in [0.2, 0.25) is 0 Å². The van der Waals surface area contributed by atoms with Crippen LogP contribution in [-0.2, 0) is 4.79 Å². The van der Waals surface area contributed by atoms with Gasteiger partial charge in [-0.1, -0.05) is 0 Å². The Morgan fingerprint density at radius 2 is 1.54 bits per heavy atom. The molecule has 0 aliphatic heterocycles. The largest absolute Gasteiger partial charge is 0.481 e. The van der Waals surface area contributed by atoms with Crippen molar-refractivity contribution in [2.75, 3.05) is 0 Å². The Morgan fingerprint density at radius 1 is 1.08 bits per heavy atom. The number of carboxylic acid groups (broad SMARTS) is 1. The van der Waals surface area contributed by atoms with Crippen molar-refractivity contribution < 1.29 is 11.3 Å². The lowest BCUT2D eigenvalue weighted by molar-refractivity contribution is -0.155. The summed E-state index contributed by atoms with van der Waals surface area (Å²) in [6, 6.07) is 0. The highest BCUT2D eigenvalue weighted by Gasteiger charge is 2.50. The molecule has 2 heteroatoms. The molecule has 0 saturated heterocycles. The first kappa shape index (κ1) is 6.86. The second kappa shape index (κ2) is 2.49. The molecule has 0 spiro atoms.